The lowest BCUT2D eigenvalue weighted by Gasteiger charge is -2.14. The number of benzene rings is 2. The van der Waals surface area contributed by atoms with E-state index in [1.165, 1.54) is 7.11 Å². The van der Waals surface area contributed by atoms with Crippen LogP contribution in [0.4, 0.5) is 11.5 Å². The number of ether oxygens (including phenoxy) is 1. The molecule has 0 fully saturated rings. The van der Waals surface area contributed by atoms with Gasteiger partial charge in [0.25, 0.3) is 0 Å². The molecule has 1 aromatic heterocycles. The normalized spacial score (nSPS) is 10.4. The smallest absolute Gasteiger partial charge is 0.234 e. The predicted octanol–water partition coefficient (Wildman–Crippen LogP) is 5.59. The van der Waals surface area contributed by atoms with E-state index in [-0.39, 0.29) is 33.6 Å². The number of halogens is 1. The van der Waals surface area contributed by atoms with Crippen LogP contribution in [0, 0.1) is 22.7 Å². The van der Waals surface area contributed by atoms with Crippen LogP contribution in [-0.2, 0) is 4.79 Å². The number of pyridine rings is 1. The Labute approximate surface area is 207 Å². The zero-order valence-corrected chi connectivity index (χ0v) is 20.4. The van der Waals surface area contributed by atoms with Gasteiger partial charge in [-0.1, -0.05) is 61.5 Å². The van der Waals surface area contributed by atoms with E-state index < -0.39 is 0 Å². The van der Waals surface area contributed by atoms with E-state index in [9.17, 15) is 15.3 Å². The van der Waals surface area contributed by atoms with Gasteiger partial charge in [0.05, 0.1) is 24.1 Å². The molecule has 0 aliphatic heterocycles. The fourth-order valence-electron chi connectivity index (χ4n) is 3.32. The minimum atomic E-state index is -0.345. The Morgan fingerprint density at radius 3 is 2.44 bits per heavy atom. The third kappa shape index (κ3) is 5.43. The summed E-state index contributed by atoms with van der Waals surface area (Å²) < 4.78 is 5.25. The monoisotopic (exact) mass is 491 g/mol. The highest BCUT2D eigenvalue weighted by atomic mass is 35.5. The van der Waals surface area contributed by atoms with Crippen molar-refractivity contribution in [3.8, 4) is 29.0 Å². The van der Waals surface area contributed by atoms with Gasteiger partial charge in [-0.25, -0.2) is 4.98 Å². The van der Waals surface area contributed by atoms with Gasteiger partial charge in [0.2, 0.25) is 5.91 Å². The molecule has 34 heavy (non-hydrogen) atoms. The van der Waals surface area contributed by atoms with E-state index in [2.05, 4.69) is 36.3 Å². The molecule has 0 aliphatic rings. The average molecular weight is 492 g/mol. The molecule has 0 spiro atoms. The quantitative estimate of drug-likeness (QED) is 0.412. The number of hydrogen-bond acceptors (Lipinski definition) is 7. The van der Waals surface area contributed by atoms with Gasteiger partial charge in [-0.15, -0.1) is 0 Å². The lowest BCUT2D eigenvalue weighted by atomic mass is 9.94. The summed E-state index contributed by atoms with van der Waals surface area (Å²) in [7, 11) is 1.49. The van der Waals surface area contributed by atoms with Crippen LogP contribution in [0.25, 0.3) is 11.1 Å². The summed E-state index contributed by atoms with van der Waals surface area (Å²) in [5.41, 5.74) is 9.05. The number of carbonyl (C=O) groups excluding carboxylic acids is 1. The molecule has 172 valence electrons. The second-order valence-electron chi connectivity index (χ2n) is 7.61. The van der Waals surface area contributed by atoms with Crippen LogP contribution in [0.1, 0.15) is 36.5 Å². The second-order valence-corrected chi connectivity index (χ2v) is 9.01. The van der Waals surface area contributed by atoms with Crippen LogP contribution < -0.4 is 15.8 Å². The summed E-state index contributed by atoms with van der Waals surface area (Å²) in [4.78, 5) is 16.8. The van der Waals surface area contributed by atoms with Crippen LogP contribution in [0.2, 0.25) is 5.02 Å². The number of nitrogens with two attached hydrogens (primary N) is 1. The van der Waals surface area contributed by atoms with Gasteiger partial charge < -0.3 is 15.8 Å². The van der Waals surface area contributed by atoms with E-state index in [1.54, 1.807) is 18.2 Å². The third-order valence-corrected chi connectivity index (χ3v) is 6.27. The molecule has 7 nitrogen and oxygen atoms in total. The van der Waals surface area contributed by atoms with E-state index >= 15 is 0 Å². The number of carbonyl (C=O) groups is 1. The average Bonchev–Trinajstić information content (AvgIpc) is 2.82. The second kappa shape index (κ2) is 10.9. The number of anilines is 2. The van der Waals surface area contributed by atoms with Crippen LogP contribution in [-0.4, -0.2) is 23.8 Å². The number of methoxy groups -OCH3 is 1. The molecule has 0 aliphatic carbocycles. The number of rotatable bonds is 7. The molecule has 3 aromatic rings. The molecular weight excluding hydrogens is 470 g/mol. The van der Waals surface area contributed by atoms with Crippen molar-refractivity contribution in [2.24, 2.45) is 0 Å². The minimum absolute atomic E-state index is 0.00357. The van der Waals surface area contributed by atoms with Crippen molar-refractivity contribution in [2.75, 3.05) is 23.9 Å². The Kier molecular flexibility index (Phi) is 8.01. The zero-order chi connectivity index (χ0) is 24.8. The summed E-state index contributed by atoms with van der Waals surface area (Å²) >= 11 is 7.08. The van der Waals surface area contributed by atoms with Gasteiger partial charge in [0.15, 0.2) is 0 Å². The summed E-state index contributed by atoms with van der Waals surface area (Å²) in [6, 6.07) is 16.7. The molecule has 0 saturated carbocycles. The summed E-state index contributed by atoms with van der Waals surface area (Å²) in [5.74, 6) is 0.415. The largest absolute Gasteiger partial charge is 0.495 e. The van der Waals surface area contributed by atoms with Crippen LogP contribution in [0.3, 0.4) is 0 Å². The van der Waals surface area contributed by atoms with Crippen molar-refractivity contribution < 1.29 is 9.53 Å². The third-order valence-electron chi connectivity index (χ3n) is 5.06. The topological polar surface area (TPSA) is 125 Å². The van der Waals surface area contributed by atoms with Crippen molar-refractivity contribution >= 4 is 40.8 Å². The molecule has 3 rings (SSSR count). The van der Waals surface area contributed by atoms with Gasteiger partial charge in [0.1, 0.15) is 34.3 Å². The number of nitrogens with one attached hydrogen (secondary N) is 1. The van der Waals surface area contributed by atoms with Gasteiger partial charge in [-0.2, -0.15) is 10.5 Å². The molecular formula is C25H22ClN5O2S. The molecule has 2 aromatic carbocycles. The fraction of sp³-hybridized carbons (Fsp3) is 0.200. The molecule has 0 saturated heterocycles. The highest BCUT2D eigenvalue weighted by Crippen LogP contribution is 2.36. The molecule has 0 radical (unpaired) electrons. The van der Waals surface area contributed by atoms with Gasteiger partial charge in [-0.3, -0.25) is 4.79 Å². The Balaban J connectivity index is 1.92. The highest BCUT2D eigenvalue weighted by Gasteiger charge is 2.21. The number of thioether (sulfide) groups is 1. The van der Waals surface area contributed by atoms with Crippen molar-refractivity contribution in [2.45, 2.75) is 24.8 Å². The van der Waals surface area contributed by atoms with E-state index in [0.29, 0.717) is 33.5 Å². The summed E-state index contributed by atoms with van der Waals surface area (Å²) in [5, 5.41) is 23.1. The number of hydrogen-bond donors (Lipinski definition) is 2. The Bertz CT molecular complexity index is 1310. The Hall–Kier alpha value is -3.72. The number of amides is 1. The predicted molar refractivity (Wildman–Crippen MR) is 135 cm³/mol. The SMILES string of the molecule is COc1ccc(Cl)cc1NC(=O)CSc1nc(N)c(C#N)c(-c2ccc(C(C)C)cc2)c1C#N. The lowest BCUT2D eigenvalue weighted by Crippen LogP contribution is -2.15. The summed E-state index contributed by atoms with van der Waals surface area (Å²) in [6.45, 7) is 4.17. The van der Waals surface area contributed by atoms with E-state index in [4.69, 9.17) is 22.1 Å². The maximum Gasteiger partial charge on any atom is 0.234 e. The minimum Gasteiger partial charge on any atom is -0.495 e. The van der Waals surface area contributed by atoms with E-state index in [0.717, 1.165) is 17.3 Å². The van der Waals surface area contributed by atoms with Crippen LogP contribution in [0.15, 0.2) is 47.5 Å². The zero-order valence-electron chi connectivity index (χ0n) is 18.8. The maximum absolute atomic E-state index is 12.6. The van der Waals surface area contributed by atoms with Crippen LogP contribution in [0.5, 0.6) is 5.75 Å². The molecule has 0 bridgehead atoms. The van der Waals surface area contributed by atoms with Gasteiger partial charge in [0, 0.05) is 10.6 Å². The number of aromatic nitrogens is 1. The summed E-state index contributed by atoms with van der Waals surface area (Å²) in [6.07, 6.45) is 0. The van der Waals surface area contributed by atoms with Crippen molar-refractivity contribution in [1.29, 1.82) is 10.5 Å². The van der Waals surface area contributed by atoms with Crippen molar-refractivity contribution in [3.63, 3.8) is 0 Å². The first-order valence-electron chi connectivity index (χ1n) is 10.3. The first kappa shape index (κ1) is 24.9. The lowest BCUT2D eigenvalue weighted by molar-refractivity contribution is -0.113. The van der Waals surface area contributed by atoms with Gasteiger partial charge in [-0.05, 0) is 35.2 Å². The maximum atomic E-state index is 12.6. The van der Waals surface area contributed by atoms with Crippen LogP contribution >= 0.6 is 23.4 Å². The first-order valence-corrected chi connectivity index (χ1v) is 11.7. The molecule has 1 amide bonds. The number of nitriles is 2. The molecule has 3 N–H and O–H groups in total. The molecule has 9 heteroatoms. The fourth-order valence-corrected chi connectivity index (χ4v) is 4.29. The molecule has 0 atom stereocenters. The van der Waals surface area contributed by atoms with Gasteiger partial charge >= 0.3 is 0 Å². The van der Waals surface area contributed by atoms with Crippen molar-refractivity contribution in [3.05, 3.63) is 64.2 Å². The number of nitrogens with zero attached hydrogens (tertiary/aromatic N) is 3. The van der Waals surface area contributed by atoms with Crippen molar-refractivity contribution in [1.82, 2.24) is 4.98 Å². The standard InChI is InChI=1S/C25H22ClN5O2S/c1-14(2)15-4-6-16(7-5-15)23-18(11-27)24(29)31-25(19(23)12-28)34-13-22(32)30-20-10-17(26)8-9-21(20)33-3/h4-10,14H,13H2,1-3H3,(H2,29,31)(H,30,32). The number of nitrogen functional groups attached to an aromatic ring is 1. The van der Waals surface area contributed by atoms with E-state index in [1.807, 2.05) is 24.3 Å². The first-order chi connectivity index (χ1) is 16.3. The Morgan fingerprint density at radius 1 is 1.18 bits per heavy atom. The molecule has 1 heterocycles. The molecule has 0 unspecified atom stereocenters. The highest BCUT2D eigenvalue weighted by molar-refractivity contribution is 8.00. The Morgan fingerprint density at radius 2 is 1.85 bits per heavy atom.